The van der Waals surface area contributed by atoms with Gasteiger partial charge in [0.05, 0.1) is 0 Å². The molecule has 3 N–H and O–H groups in total. The number of aryl methyl sites for hydroxylation is 2. The lowest BCUT2D eigenvalue weighted by Gasteiger charge is -2.18. The zero-order chi connectivity index (χ0) is 11.4. The molecule has 7 nitrogen and oxygen atoms in total. The summed E-state index contributed by atoms with van der Waals surface area (Å²) < 4.78 is 5.66. The van der Waals surface area contributed by atoms with E-state index in [2.05, 4.69) is 9.72 Å². The van der Waals surface area contributed by atoms with E-state index in [0.29, 0.717) is 5.82 Å². The second-order valence-corrected chi connectivity index (χ2v) is 3.49. The summed E-state index contributed by atoms with van der Waals surface area (Å²) in [4.78, 5) is 14.5. The molecule has 15 heavy (non-hydrogen) atoms. The quantitative estimate of drug-likeness (QED) is 0.392. The molecule has 0 radical (unpaired) electrons. The SMILES string of the molecule is Cc1nc(C(O)(O)C2(O)OC2=O)cn1C. The molecule has 1 aromatic heterocycles. The zero-order valence-corrected chi connectivity index (χ0v) is 8.13. The summed E-state index contributed by atoms with van der Waals surface area (Å²) in [5.41, 5.74) is -0.240. The van der Waals surface area contributed by atoms with Gasteiger partial charge in [-0.3, -0.25) is 0 Å². The van der Waals surface area contributed by atoms with E-state index < -0.39 is 17.5 Å². The highest BCUT2D eigenvalue weighted by atomic mass is 16.8. The molecule has 82 valence electrons. The average molecular weight is 214 g/mol. The molecule has 0 spiro atoms. The summed E-state index contributed by atoms with van der Waals surface area (Å²) in [6.07, 6.45) is 1.29. The van der Waals surface area contributed by atoms with E-state index in [4.69, 9.17) is 0 Å². The highest BCUT2D eigenvalue weighted by molar-refractivity contribution is 5.92. The fraction of sp³-hybridized carbons (Fsp3) is 0.500. The Kier molecular flexibility index (Phi) is 1.73. The van der Waals surface area contributed by atoms with Crippen molar-refractivity contribution in [3.05, 3.63) is 17.7 Å². The molecular weight excluding hydrogens is 204 g/mol. The topological polar surface area (TPSA) is 108 Å². The summed E-state index contributed by atoms with van der Waals surface area (Å²) in [6.45, 7) is 1.64. The number of aliphatic hydroxyl groups is 3. The molecule has 1 unspecified atom stereocenters. The minimum Gasteiger partial charge on any atom is -0.411 e. The first-order valence-electron chi connectivity index (χ1n) is 4.20. The summed E-state index contributed by atoms with van der Waals surface area (Å²) in [7, 11) is 1.64. The predicted octanol–water partition coefficient (Wildman–Crippen LogP) is -1.89. The number of hydrogen-bond acceptors (Lipinski definition) is 6. The lowest BCUT2D eigenvalue weighted by atomic mass is 10.1. The van der Waals surface area contributed by atoms with Gasteiger partial charge in [-0.05, 0) is 6.92 Å². The first kappa shape index (κ1) is 10.1. The maximum atomic E-state index is 10.7. The minimum atomic E-state index is -2.82. The van der Waals surface area contributed by atoms with Gasteiger partial charge in [0.25, 0.3) is 5.79 Å². The van der Waals surface area contributed by atoms with Crippen molar-refractivity contribution in [1.82, 2.24) is 9.55 Å². The molecule has 1 fully saturated rings. The summed E-state index contributed by atoms with van der Waals surface area (Å²) in [5.74, 6) is -5.99. The number of ether oxygens (including phenoxy) is 1. The van der Waals surface area contributed by atoms with Gasteiger partial charge in [0.1, 0.15) is 11.5 Å². The van der Waals surface area contributed by atoms with Crippen LogP contribution < -0.4 is 0 Å². The third-order valence-electron chi connectivity index (χ3n) is 2.41. The van der Waals surface area contributed by atoms with Gasteiger partial charge in [-0.2, -0.15) is 0 Å². The van der Waals surface area contributed by atoms with Crippen LogP contribution in [0.25, 0.3) is 0 Å². The lowest BCUT2D eigenvalue weighted by Crippen LogP contribution is -2.43. The first-order chi connectivity index (χ1) is 6.79. The van der Waals surface area contributed by atoms with Crippen LogP contribution in [-0.2, 0) is 22.4 Å². The number of epoxide rings is 1. The van der Waals surface area contributed by atoms with Crippen LogP contribution in [0.2, 0.25) is 0 Å². The van der Waals surface area contributed by atoms with Crippen LogP contribution in [0, 0.1) is 6.92 Å². The van der Waals surface area contributed by atoms with E-state index in [1.54, 1.807) is 14.0 Å². The van der Waals surface area contributed by atoms with Crippen molar-refractivity contribution in [2.24, 2.45) is 7.05 Å². The van der Waals surface area contributed by atoms with Gasteiger partial charge >= 0.3 is 11.8 Å². The largest absolute Gasteiger partial charge is 0.411 e. The van der Waals surface area contributed by atoms with Gasteiger partial charge in [-0.25, -0.2) is 9.78 Å². The molecule has 0 aromatic carbocycles. The van der Waals surface area contributed by atoms with Crippen LogP contribution in [0.1, 0.15) is 11.5 Å². The summed E-state index contributed by atoms with van der Waals surface area (Å²) in [5, 5.41) is 28.5. The molecule has 0 amide bonds. The molecule has 1 aliphatic rings. The van der Waals surface area contributed by atoms with Crippen molar-refractivity contribution in [2.45, 2.75) is 18.5 Å². The van der Waals surface area contributed by atoms with Crippen LogP contribution in [0.4, 0.5) is 0 Å². The average Bonchev–Trinajstić information content (AvgIpc) is 2.59. The van der Waals surface area contributed by atoms with Crippen molar-refractivity contribution >= 4 is 5.97 Å². The predicted molar refractivity (Wildman–Crippen MR) is 45.1 cm³/mol. The first-order valence-corrected chi connectivity index (χ1v) is 4.20. The molecule has 1 aromatic rings. The molecule has 7 heteroatoms. The van der Waals surface area contributed by atoms with E-state index in [9.17, 15) is 20.1 Å². The Bertz CT molecular complexity index is 419. The van der Waals surface area contributed by atoms with Crippen LogP contribution in [-0.4, -0.2) is 36.6 Å². The minimum absolute atomic E-state index is 0.240. The number of carbonyl (C=O) groups is 1. The van der Waals surface area contributed by atoms with Crippen molar-refractivity contribution in [1.29, 1.82) is 0 Å². The molecular formula is C8H10N2O5. The monoisotopic (exact) mass is 214 g/mol. The Morgan fingerprint density at radius 2 is 2.13 bits per heavy atom. The number of hydrogen-bond donors (Lipinski definition) is 3. The molecule has 0 aliphatic carbocycles. The van der Waals surface area contributed by atoms with E-state index >= 15 is 0 Å². The normalized spacial score (nSPS) is 25.3. The Balaban J connectivity index is 2.42. The number of carbonyl (C=O) groups excluding carboxylic acids is 1. The molecule has 1 atom stereocenters. The Morgan fingerprint density at radius 1 is 1.60 bits per heavy atom. The van der Waals surface area contributed by atoms with E-state index in [1.165, 1.54) is 10.8 Å². The Morgan fingerprint density at radius 3 is 2.47 bits per heavy atom. The number of imidazole rings is 1. The molecule has 0 bridgehead atoms. The fourth-order valence-corrected chi connectivity index (χ4v) is 1.22. The van der Waals surface area contributed by atoms with Crippen molar-refractivity contribution in [2.75, 3.05) is 0 Å². The summed E-state index contributed by atoms with van der Waals surface area (Å²) in [6, 6.07) is 0. The maximum Gasteiger partial charge on any atom is 0.389 e. The smallest absolute Gasteiger partial charge is 0.389 e. The third-order valence-corrected chi connectivity index (χ3v) is 2.41. The maximum absolute atomic E-state index is 10.7. The number of aromatic nitrogens is 2. The van der Waals surface area contributed by atoms with Gasteiger partial charge in [0.2, 0.25) is 0 Å². The van der Waals surface area contributed by atoms with E-state index in [1.807, 2.05) is 0 Å². The van der Waals surface area contributed by atoms with Gasteiger partial charge in [0.15, 0.2) is 0 Å². The number of nitrogens with zero attached hydrogens (tertiary/aromatic N) is 2. The summed E-state index contributed by atoms with van der Waals surface area (Å²) >= 11 is 0. The van der Waals surface area contributed by atoms with Gasteiger partial charge < -0.3 is 24.6 Å². The lowest BCUT2D eigenvalue weighted by molar-refractivity contribution is -0.279. The molecule has 2 heterocycles. The Labute approximate surface area is 84.5 Å². The van der Waals surface area contributed by atoms with Crippen LogP contribution in [0.3, 0.4) is 0 Å². The molecule has 1 saturated heterocycles. The van der Waals surface area contributed by atoms with Crippen LogP contribution in [0.15, 0.2) is 6.20 Å². The van der Waals surface area contributed by atoms with Crippen molar-refractivity contribution in [3.8, 4) is 0 Å². The van der Waals surface area contributed by atoms with Gasteiger partial charge in [0, 0.05) is 13.2 Å². The van der Waals surface area contributed by atoms with E-state index in [0.717, 1.165) is 0 Å². The van der Waals surface area contributed by atoms with Crippen LogP contribution in [0.5, 0.6) is 0 Å². The zero-order valence-electron chi connectivity index (χ0n) is 8.13. The fourth-order valence-electron chi connectivity index (χ4n) is 1.22. The molecule has 0 saturated carbocycles. The molecule has 2 rings (SSSR count). The number of cyclic esters (lactones) is 1. The standard InChI is InChI=1S/C8H10N2O5/c1-4-9-5(3-10(4)2)7(12,13)8(14)6(11)15-8/h3,12-14H,1-2H3. The van der Waals surface area contributed by atoms with Crippen molar-refractivity contribution < 1.29 is 24.9 Å². The Hall–Kier alpha value is -1.44. The van der Waals surface area contributed by atoms with Gasteiger partial charge in [-0.15, -0.1) is 0 Å². The van der Waals surface area contributed by atoms with Gasteiger partial charge in [-0.1, -0.05) is 0 Å². The highest BCUT2D eigenvalue weighted by Gasteiger charge is 2.73. The third kappa shape index (κ3) is 1.17. The number of rotatable bonds is 2. The van der Waals surface area contributed by atoms with Crippen molar-refractivity contribution in [3.63, 3.8) is 0 Å². The second-order valence-electron chi connectivity index (χ2n) is 3.49. The van der Waals surface area contributed by atoms with E-state index in [-0.39, 0.29) is 5.69 Å². The second kappa shape index (κ2) is 2.57. The molecule has 1 aliphatic heterocycles. The van der Waals surface area contributed by atoms with Crippen LogP contribution >= 0.6 is 0 Å². The highest BCUT2D eigenvalue weighted by Crippen LogP contribution is 2.41.